The standard InChI is InChI=1S/C10H19N3O/c1-4-13-10(5-6-12-13)7-11-9(2)8-14-3/h5-6,9,11H,4,7-8H2,1-3H3/t9-/m1/s1. The molecule has 14 heavy (non-hydrogen) atoms. The molecule has 1 aromatic rings. The van der Waals surface area contributed by atoms with Crippen LogP contribution in [0.4, 0.5) is 0 Å². The number of rotatable bonds is 6. The van der Waals surface area contributed by atoms with Crippen molar-refractivity contribution in [2.24, 2.45) is 0 Å². The summed E-state index contributed by atoms with van der Waals surface area (Å²) < 4.78 is 7.04. The first-order chi connectivity index (χ1) is 6.77. The van der Waals surface area contributed by atoms with Crippen molar-refractivity contribution >= 4 is 0 Å². The van der Waals surface area contributed by atoms with Crippen molar-refractivity contribution in [3.8, 4) is 0 Å². The summed E-state index contributed by atoms with van der Waals surface area (Å²) in [6.07, 6.45) is 1.83. The third-order valence-corrected chi connectivity index (χ3v) is 2.15. The monoisotopic (exact) mass is 197 g/mol. The molecule has 0 aromatic carbocycles. The smallest absolute Gasteiger partial charge is 0.0613 e. The average Bonchev–Trinajstić information content (AvgIpc) is 2.62. The Morgan fingerprint density at radius 2 is 2.43 bits per heavy atom. The molecule has 0 aliphatic heterocycles. The molecule has 4 heteroatoms. The van der Waals surface area contributed by atoms with E-state index >= 15 is 0 Å². The van der Waals surface area contributed by atoms with E-state index in [1.54, 1.807) is 7.11 Å². The predicted molar refractivity (Wildman–Crippen MR) is 56.1 cm³/mol. The molecule has 1 rings (SSSR count). The lowest BCUT2D eigenvalue weighted by Gasteiger charge is -2.12. The van der Waals surface area contributed by atoms with Crippen molar-refractivity contribution in [3.63, 3.8) is 0 Å². The van der Waals surface area contributed by atoms with Gasteiger partial charge in [-0.2, -0.15) is 5.10 Å². The van der Waals surface area contributed by atoms with Crippen LogP contribution in [0.15, 0.2) is 12.3 Å². The Bertz CT molecular complexity index is 260. The van der Waals surface area contributed by atoms with Gasteiger partial charge in [0, 0.05) is 32.4 Å². The lowest BCUT2D eigenvalue weighted by molar-refractivity contribution is 0.171. The quantitative estimate of drug-likeness (QED) is 0.740. The zero-order valence-corrected chi connectivity index (χ0v) is 9.16. The number of nitrogens with zero attached hydrogens (tertiary/aromatic N) is 2. The number of ether oxygens (including phenoxy) is 1. The Morgan fingerprint density at radius 3 is 3.07 bits per heavy atom. The van der Waals surface area contributed by atoms with Crippen molar-refractivity contribution in [3.05, 3.63) is 18.0 Å². The molecule has 0 fully saturated rings. The van der Waals surface area contributed by atoms with E-state index in [2.05, 4.69) is 24.3 Å². The summed E-state index contributed by atoms with van der Waals surface area (Å²) >= 11 is 0. The summed E-state index contributed by atoms with van der Waals surface area (Å²) in [5.74, 6) is 0. The van der Waals surface area contributed by atoms with Crippen LogP contribution >= 0.6 is 0 Å². The predicted octanol–water partition coefficient (Wildman–Crippen LogP) is 1.03. The first-order valence-corrected chi connectivity index (χ1v) is 5.01. The SMILES string of the molecule is CCn1nccc1CN[C@H](C)COC. The highest BCUT2D eigenvalue weighted by molar-refractivity contribution is 5.00. The summed E-state index contributed by atoms with van der Waals surface area (Å²) in [4.78, 5) is 0. The van der Waals surface area contributed by atoms with E-state index in [1.165, 1.54) is 5.69 Å². The molecule has 80 valence electrons. The Morgan fingerprint density at radius 1 is 1.64 bits per heavy atom. The van der Waals surface area contributed by atoms with Gasteiger partial charge in [0.25, 0.3) is 0 Å². The highest BCUT2D eigenvalue weighted by Crippen LogP contribution is 1.98. The third kappa shape index (κ3) is 3.12. The van der Waals surface area contributed by atoms with Gasteiger partial charge in [-0.05, 0) is 19.9 Å². The van der Waals surface area contributed by atoms with Crippen molar-refractivity contribution < 1.29 is 4.74 Å². The minimum absolute atomic E-state index is 0.375. The molecular formula is C10H19N3O. The third-order valence-electron chi connectivity index (χ3n) is 2.15. The molecule has 0 aliphatic carbocycles. The largest absolute Gasteiger partial charge is 0.383 e. The first kappa shape index (κ1) is 11.2. The summed E-state index contributed by atoms with van der Waals surface area (Å²) in [6.45, 7) is 6.70. The number of hydrogen-bond donors (Lipinski definition) is 1. The van der Waals surface area contributed by atoms with Crippen LogP contribution in [0.25, 0.3) is 0 Å². The molecular weight excluding hydrogens is 178 g/mol. The molecule has 0 bridgehead atoms. The van der Waals surface area contributed by atoms with Gasteiger partial charge in [0.15, 0.2) is 0 Å². The molecule has 1 N–H and O–H groups in total. The zero-order chi connectivity index (χ0) is 10.4. The topological polar surface area (TPSA) is 39.1 Å². The maximum absolute atomic E-state index is 5.05. The number of methoxy groups -OCH3 is 1. The Kier molecular flexibility index (Phi) is 4.62. The van der Waals surface area contributed by atoms with E-state index in [-0.39, 0.29) is 0 Å². The van der Waals surface area contributed by atoms with Crippen LogP contribution in [0.5, 0.6) is 0 Å². The minimum Gasteiger partial charge on any atom is -0.383 e. The second-order valence-electron chi connectivity index (χ2n) is 3.38. The minimum atomic E-state index is 0.375. The number of nitrogens with one attached hydrogen (secondary N) is 1. The highest BCUT2D eigenvalue weighted by atomic mass is 16.5. The van der Waals surface area contributed by atoms with Gasteiger partial charge in [-0.1, -0.05) is 0 Å². The maximum atomic E-state index is 5.05. The van der Waals surface area contributed by atoms with Crippen molar-refractivity contribution in [1.82, 2.24) is 15.1 Å². The van der Waals surface area contributed by atoms with Crippen LogP contribution in [0.2, 0.25) is 0 Å². The maximum Gasteiger partial charge on any atom is 0.0613 e. The molecule has 4 nitrogen and oxygen atoms in total. The number of hydrogen-bond acceptors (Lipinski definition) is 3. The van der Waals surface area contributed by atoms with Crippen LogP contribution in [-0.4, -0.2) is 29.5 Å². The van der Waals surface area contributed by atoms with E-state index in [9.17, 15) is 0 Å². The van der Waals surface area contributed by atoms with E-state index in [0.29, 0.717) is 6.04 Å². The van der Waals surface area contributed by atoms with Crippen LogP contribution in [0.3, 0.4) is 0 Å². The molecule has 0 amide bonds. The molecule has 1 aromatic heterocycles. The van der Waals surface area contributed by atoms with Crippen LogP contribution < -0.4 is 5.32 Å². The van der Waals surface area contributed by atoms with Gasteiger partial charge >= 0.3 is 0 Å². The summed E-state index contributed by atoms with van der Waals surface area (Å²) in [5.41, 5.74) is 1.22. The highest BCUT2D eigenvalue weighted by Gasteiger charge is 2.03. The van der Waals surface area contributed by atoms with Gasteiger partial charge < -0.3 is 10.1 Å². The Balaban J connectivity index is 2.37. The van der Waals surface area contributed by atoms with Gasteiger partial charge in [-0.3, -0.25) is 4.68 Å². The zero-order valence-electron chi connectivity index (χ0n) is 9.16. The average molecular weight is 197 g/mol. The van der Waals surface area contributed by atoms with E-state index in [0.717, 1.165) is 19.7 Å². The van der Waals surface area contributed by atoms with Crippen LogP contribution in [0.1, 0.15) is 19.5 Å². The van der Waals surface area contributed by atoms with Gasteiger partial charge in [0.05, 0.1) is 12.3 Å². The normalized spacial score (nSPS) is 13.1. The fraction of sp³-hybridized carbons (Fsp3) is 0.700. The van der Waals surface area contributed by atoms with Crippen molar-refractivity contribution in [2.45, 2.75) is 33.0 Å². The second-order valence-corrected chi connectivity index (χ2v) is 3.38. The van der Waals surface area contributed by atoms with Crippen LogP contribution in [0, 0.1) is 0 Å². The first-order valence-electron chi connectivity index (χ1n) is 5.01. The Hall–Kier alpha value is -0.870. The van der Waals surface area contributed by atoms with Gasteiger partial charge in [0.2, 0.25) is 0 Å². The Labute approximate surface area is 85.3 Å². The summed E-state index contributed by atoms with van der Waals surface area (Å²) in [7, 11) is 1.72. The fourth-order valence-corrected chi connectivity index (χ4v) is 1.38. The molecule has 0 radical (unpaired) electrons. The summed E-state index contributed by atoms with van der Waals surface area (Å²) in [6, 6.07) is 2.41. The molecule has 0 unspecified atom stereocenters. The van der Waals surface area contributed by atoms with Gasteiger partial charge in [0.1, 0.15) is 0 Å². The van der Waals surface area contributed by atoms with Crippen molar-refractivity contribution in [2.75, 3.05) is 13.7 Å². The second kappa shape index (κ2) is 5.78. The summed E-state index contributed by atoms with van der Waals surface area (Å²) in [5, 5.41) is 7.58. The molecule has 0 saturated heterocycles. The lowest BCUT2D eigenvalue weighted by Crippen LogP contribution is -2.30. The molecule has 1 atom stereocenters. The van der Waals surface area contributed by atoms with Gasteiger partial charge in [-0.25, -0.2) is 0 Å². The van der Waals surface area contributed by atoms with E-state index in [1.807, 2.05) is 16.9 Å². The van der Waals surface area contributed by atoms with Crippen LogP contribution in [-0.2, 0) is 17.8 Å². The molecule has 0 spiro atoms. The van der Waals surface area contributed by atoms with E-state index < -0.39 is 0 Å². The van der Waals surface area contributed by atoms with Gasteiger partial charge in [-0.15, -0.1) is 0 Å². The van der Waals surface area contributed by atoms with E-state index in [4.69, 9.17) is 4.74 Å². The molecule has 0 saturated carbocycles. The van der Waals surface area contributed by atoms with Crippen molar-refractivity contribution in [1.29, 1.82) is 0 Å². The molecule has 0 aliphatic rings. The fourth-order valence-electron chi connectivity index (χ4n) is 1.38. The molecule has 1 heterocycles. The number of aryl methyl sites for hydroxylation is 1. The lowest BCUT2D eigenvalue weighted by atomic mass is 10.3. The number of aromatic nitrogens is 2.